The van der Waals surface area contributed by atoms with Crippen molar-refractivity contribution in [2.24, 2.45) is 4.99 Å². The van der Waals surface area contributed by atoms with Crippen molar-refractivity contribution in [2.75, 3.05) is 45.0 Å². The zero-order valence-corrected chi connectivity index (χ0v) is 22.0. The molecule has 1 fully saturated rings. The van der Waals surface area contributed by atoms with Gasteiger partial charge < -0.3 is 10.6 Å². The molecule has 10 heteroatoms. The van der Waals surface area contributed by atoms with E-state index < -0.39 is 10.0 Å². The highest BCUT2D eigenvalue weighted by atomic mass is 127. The van der Waals surface area contributed by atoms with Crippen LogP contribution in [0.4, 0.5) is 4.39 Å². The lowest BCUT2D eigenvalue weighted by atomic mass is 10.0. The van der Waals surface area contributed by atoms with Crippen LogP contribution in [-0.2, 0) is 16.6 Å². The second-order valence-electron chi connectivity index (χ2n) is 7.48. The number of likely N-dealkylation sites (tertiary alicyclic amines) is 1. The molecule has 0 atom stereocenters. The molecule has 1 aliphatic rings. The van der Waals surface area contributed by atoms with Crippen molar-refractivity contribution >= 4 is 40.0 Å². The molecular weight excluding hydrogens is 532 g/mol. The van der Waals surface area contributed by atoms with Gasteiger partial charge in [0.2, 0.25) is 10.0 Å². The zero-order valence-electron chi connectivity index (χ0n) is 18.8. The van der Waals surface area contributed by atoms with Crippen LogP contribution in [0.2, 0.25) is 0 Å². The van der Waals surface area contributed by atoms with Crippen molar-refractivity contribution < 1.29 is 12.8 Å². The maximum Gasteiger partial charge on any atom is 0.215 e. The summed E-state index contributed by atoms with van der Waals surface area (Å²) >= 11 is 0. The first kappa shape index (κ1) is 28.1. The third kappa shape index (κ3) is 9.58. The SMILES string of the molecule is CCNC(=NCCS(=O)(=O)N(CC)CC)NC1CCN(Cc2ccc(F)cc2)CC1.I. The Labute approximate surface area is 203 Å². The summed E-state index contributed by atoms with van der Waals surface area (Å²) in [5.41, 5.74) is 1.12. The van der Waals surface area contributed by atoms with E-state index in [1.54, 1.807) is 0 Å². The van der Waals surface area contributed by atoms with Crippen LogP contribution in [0, 0.1) is 5.82 Å². The van der Waals surface area contributed by atoms with Gasteiger partial charge in [0, 0.05) is 45.3 Å². The molecule has 0 radical (unpaired) electrons. The third-order valence-corrected chi connectivity index (χ3v) is 7.31. The predicted molar refractivity (Wildman–Crippen MR) is 136 cm³/mol. The number of hydrogen-bond acceptors (Lipinski definition) is 4. The summed E-state index contributed by atoms with van der Waals surface area (Å²) in [4.78, 5) is 6.85. The van der Waals surface area contributed by atoms with Gasteiger partial charge in [-0.25, -0.2) is 17.1 Å². The molecule has 1 aromatic rings. The van der Waals surface area contributed by atoms with E-state index in [4.69, 9.17) is 0 Å². The Morgan fingerprint density at radius 1 is 1.16 bits per heavy atom. The largest absolute Gasteiger partial charge is 0.357 e. The first-order valence-corrected chi connectivity index (χ1v) is 12.5. The summed E-state index contributed by atoms with van der Waals surface area (Å²) in [5.74, 6) is 0.479. The summed E-state index contributed by atoms with van der Waals surface area (Å²) in [6, 6.07) is 6.97. The Balaban J connectivity index is 0.00000480. The van der Waals surface area contributed by atoms with E-state index in [0.717, 1.165) is 44.6 Å². The molecule has 0 aromatic heterocycles. The molecular formula is C21H37FIN5O2S. The molecule has 1 saturated heterocycles. The van der Waals surface area contributed by atoms with Crippen LogP contribution in [0.15, 0.2) is 29.3 Å². The van der Waals surface area contributed by atoms with E-state index in [-0.39, 0.29) is 42.1 Å². The molecule has 0 amide bonds. The summed E-state index contributed by atoms with van der Waals surface area (Å²) in [7, 11) is -3.27. The molecule has 2 N–H and O–H groups in total. The third-order valence-electron chi connectivity index (χ3n) is 5.31. The van der Waals surface area contributed by atoms with Crippen molar-refractivity contribution in [1.29, 1.82) is 0 Å². The molecule has 0 spiro atoms. The van der Waals surface area contributed by atoms with Crippen LogP contribution in [0.1, 0.15) is 39.2 Å². The van der Waals surface area contributed by atoms with Crippen LogP contribution in [0.25, 0.3) is 0 Å². The van der Waals surface area contributed by atoms with Gasteiger partial charge in [-0.3, -0.25) is 9.89 Å². The van der Waals surface area contributed by atoms with E-state index >= 15 is 0 Å². The van der Waals surface area contributed by atoms with Crippen molar-refractivity contribution in [1.82, 2.24) is 19.8 Å². The number of sulfonamides is 1. The zero-order chi connectivity index (χ0) is 22.0. The number of piperidine rings is 1. The number of benzene rings is 1. The Morgan fingerprint density at radius 3 is 2.32 bits per heavy atom. The second-order valence-corrected chi connectivity index (χ2v) is 9.57. The fourth-order valence-electron chi connectivity index (χ4n) is 3.62. The first-order valence-electron chi connectivity index (χ1n) is 10.9. The molecule has 0 bridgehead atoms. The predicted octanol–water partition coefficient (Wildman–Crippen LogP) is 2.63. The molecule has 1 heterocycles. The summed E-state index contributed by atoms with van der Waals surface area (Å²) in [6.45, 7) is 10.3. The summed E-state index contributed by atoms with van der Waals surface area (Å²) in [6.07, 6.45) is 1.95. The Hall–Kier alpha value is -0.980. The number of halogens is 2. The van der Waals surface area contributed by atoms with E-state index in [0.29, 0.717) is 25.1 Å². The van der Waals surface area contributed by atoms with Gasteiger partial charge >= 0.3 is 0 Å². The minimum Gasteiger partial charge on any atom is -0.357 e. The second kappa shape index (κ2) is 14.2. The minimum atomic E-state index is -3.27. The molecule has 0 aliphatic carbocycles. The quantitative estimate of drug-likeness (QED) is 0.258. The number of rotatable bonds is 10. The highest BCUT2D eigenvalue weighted by Crippen LogP contribution is 2.14. The molecule has 0 saturated carbocycles. The molecule has 0 unspecified atom stereocenters. The highest BCUT2D eigenvalue weighted by molar-refractivity contribution is 14.0. The number of hydrogen-bond donors (Lipinski definition) is 2. The van der Waals surface area contributed by atoms with Gasteiger partial charge in [0.1, 0.15) is 5.82 Å². The molecule has 2 rings (SSSR count). The minimum absolute atomic E-state index is 0. The normalized spacial score (nSPS) is 16.2. The lowest BCUT2D eigenvalue weighted by molar-refractivity contribution is 0.198. The van der Waals surface area contributed by atoms with Crippen molar-refractivity contribution in [3.05, 3.63) is 35.6 Å². The van der Waals surface area contributed by atoms with Crippen LogP contribution < -0.4 is 10.6 Å². The lowest BCUT2D eigenvalue weighted by Gasteiger charge is -2.33. The lowest BCUT2D eigenvalue weighted by Crippen LogP contribution is -2.48. The number of guanidine groups is 1. The fourth-order valence-corrected chi connectivity index (χ4v) is 4.98. The molecule has 1 aromatic carbocycles. The van der Waals surface area contributed by atoms with Crippen LogP contribution in [-0.4, -0.2) is 74.6 Å². The van der Waals surface area contributed by atoms with E-state index in [1.807, 2.05) is 32.9 Å². The Kier molecular flexibility index (Phi) is 12.9. The monoisotopic (exact) mass is 569 g/mol. The van der Waals surface area contributed by atoms with E-state index in [1.165, 1.54) is 16.4 Å². The smallest absolute Gasteiger partial charge is 0.215 e. The molecule has 178 valence electrons. The van der Waals surface area contributed by atoms with Gasteiger partial charge in [0.05, 0.1) is 12.3 Å². The maximum atomic E-state index is 13.1. The van der Waals surface area contributed by atoms with Crippen LogP contribution in [0.3, 0.4) is 0 Å². The topological polar surface area (TPSA) is 77.0 Å². The van der Waals surface area contributed by atoms with Crippen molar-refractivity contribution in [3.63, 3.8) is 0 Å². The average molecular weight is 570 g/mol. The van der Waals surface area contributed by atoms with Gasteiger partial charge in [-0.1, -0.05) is 26.0 Å². The number of aliphatic imine (C=N–C) groups is 1. The van der Waals surface area contributed by atoms with E-state index in [2.05, 4.69) is 20.5 Å². The van der Waals surface area contributed by atoms with Gasteiger partial charge in [0.15, 0.2) is 5.96 Å². The summed E-state index contributed by atoms with van der Waals surface area (Å²) in [5, 5.41) is 6.66. The molecule has 1 aliphatic heterocycles. The molecule has 7 nitrogen and oxygen atoms in total. The highest BCUT2D eigenvalue weighted by Gasteiger charge is 2.21. The Morgan fingerprint density at radius 2 is 1.77 bits per heavy atom. The molecule has 31 heavy (non-hydrogen) atoms. The summed E-state index contributed by atoms with van der Waals surface area (Å²) < 4.78 is 39.2. The van der Waals surface area contributed by atoms with Crippen LogP contribution in [0.5, 0.6) is 0 Å². The van der Waals surface area contributed by atoms with Crippen molar-refractivity contribution in [3.8, 4) is 0 Å². The number of nitrogens with zero attached hydrogens (tertiary/aromatic N) is 3. The average Bonchev–Trinajstić information content (AvgIpc) is 2.72. The van der Waals surface area contributed by atoms with Gasteiger partial charge in [-0.15, -0.1) is 24.0 Å². The fraction of sp³-hybridized carbons (Fsp3) is 0.667. The first-order chi connectivity index (χ1) is 14.4. The van der Waals surface area contributed by atoms with Gasteiger partial charge in [-0.2, -0.15) is 0 Å². The van der Waals surface area contributed by atoms with Gasteiger partial charge in [-0.05, 0) is 37.5 Å². The van der Waals surface area contributed by atoms with Crippen molar-refractivity contribution in [2.45, 2.75) is 46.2 Å². The number of nitrogens with one attached hydrogen (secondary N) is 2. The van der Waals surface area contributed by atoms with Gasteiger partial charge in [0.25, 0.3) is 0 Å². The standard InChI is InChI=1S/C21H36FN5O2S.HI/c1-4-23-21(24-13-16-30(28,29)27(5-2)6-3)25-20-11-14-26(15-12-20)17-18-7-9-19(22)10-8-18;/h7-10,20H,4-6,11-17H2,1-3H3,(H2,23,24,25);1H. The van der Waals surface area contributed by atoms with Crippen LogP contribution >= 0.6 is 24.0 Å². The Bertz CT molecular complexity index is 764. The maximum absolute atomic E-state index is 13.1. The van der Waals surface area contributed by atoms with E-state index in [9.17, 15) is 12.8 Å².